The number of carbonyl (C=O) groups excluding carboxylic acids is 1. The van der Waals surface area contributed by atoms with Crippen LogP contribution in [-0.2, 0) is 16.6 Å². The quantitative estimate of drug-likeness (QED) is 0.621. The number of nitrogens with one attached hydrogen (secondary N) is 1. The van der Waals surface area contributed by atoms with Gasteiger partial charge in [0.05, 0.1) is 17.5 Å². The topological polar surface area (TPSA) is 110 Å². The second-order valence-corrected chi connectivity index (χ2v) is 9.57. The summed E-state index contributed by atoms with van der Waals surface area (Å²) in [7, 11) is -3.15. The number of sulfonamides is 1. The first-order valence-electron chi connectivity index (χ1n) is 9.86. The van der Waals surface area contributed by atoms with Gasteiger partial charge in [-0.2, -0.15) is 5.10 Å². The predicted molar refractivity (Wildman–Crippen MR) is 116 cm³/mol. The second-order valence-electron chi connectivity index (χ2n) is 7.79. The highest BCUT2D eigenvalue weighted by atomic mass is 32.2. The number of nitrogens with two attached hydrogens (primary N) is 1. The number of likely N-dealkylation sites (tertiary alicyclic amines) is 1. The third kappa shape index (κ3) is 4.69. The summed E-state index contributed by atoms with van der Waals surface area (Å²) < 4.78 is 27.2. The molecule has 1 aromatic heterocycles. The van der Waals surface area contributed by atoms with Crippen LogP contribution in [0.15, 0.2) is 48.7 Å². The zero-order chi connectivity index (χ0) is 21.3. The minimum atomic E-state index is -3.15. The molecule has 1 saturated heterocycles. The van der Waals surface area contributed by atoms with Gasteiger partial charge in [0.15, 0.2) is 0 Å². The molecule has 8 nitrogen and oxygen atoms in total. The lowest BCUT2D eigenvalue weighted by molar-refractivity contribution is 0.100. The Labute approximate surface area is 175 Å². The standard InChI is InChI=1S/C21H25N5O3S/c1-30(28,29)24-17-9-11-25(12-10-17)13-15-5-7-18(8-6-15)26-14-16-3-2-4-19(21(22)27)20(16)23-26/h2-8,14,17,24H,9-13H2,1H3,(H2,22,27). The van der Waals surface area contributed by atoms with E-state index in [2.05, 4.69) is 26.9 Å². The zero-order valence-corrected chi connectivity index (χ0v) is 17.6. The predicted octanol–water partition coefficient (Wildman–Crippen LogP) is 1.64. The summed E-state index contributed by atoms with van der Waals surface area (Å²) in [6.45, 7) is 2.53. The molecule has 0 atom stereocenters. The molecule has 1 aliphatic heterocycles. The van der Waals surface area contributed by atoms with Gasteiger partial charge in [-0.05, 0) is 36.6 Å². The van der Waals surface area contributed by atoms with Gasteiger partial charge in [-0.15, -0.1) is 0 Å². The van der Waals surface area contributed by atoms with Gasteiger partial charge >= 0.3 is 0 Å². The normalized spacial score (nSPS) is 16.2. The average Bonchev–Trinajstić information content (AvgIpc) is 3.13. The Morgan fingerprint density at radius 2 is 1.87 bits per heavy atom. The lowest BCUT2D eigenvalue weighted by atomic mass is 10.1. The lowest BCUT2D eigenvalue weighted by Gasteiger charge is -2.31. The van der Waals surface area contributed by atoms with Crippen LogP contribution in [-0.4, -0.2) is 54.4 Å². The highest BCUT2D eigenvalue weighted by Gasteiger charge is 2.21. The van der Waals surface area contributed by atoms with Crippen LogP contribution in [0.25, 0.3) is 16.6 Å². The van der Waals surface area contributed by atoms with Crippen LogP contribution in [0.3, 0.4) is 0 Å². The van der Waals surface area contributed by atoms with E-state index in [0.717, 1.165) is 43.5 Å². The third-order valence-corrected chi connectivity index (χ3v) is 6.14. The van der Waals surface area contributed by atoms with Gasteiger partial charge in [0, 0.05) is 37.3 Å². The Morgan fingerprint density at radius 3 is 2.50 bits per heavy atom. The van der Waals surface area contributed by atoms with Crippen LogP contribution in [0, 0.1) is 0 Å². The molecular formula is C21H25N5O3S. The van der Waals surface area contributed by atoms with Gasteiger partial charge in [0.1, 0.15) is 5.52 Å². The fourth-order valence-corrected chi connectivity index (χ4v) is 4.74. The number of fused-ring (bicyclic) bond motifs is 1. The molecule has 0 radical (unpaired) electrons. The fourth-order valence-electron chi connectivity index (χ4n) is 3.90. The maximum atomic E-state index is 11.6. The minimum absolute atomic E-state index is 0.0258. The maximum Gasteiger partial charge on any atom is 0.250 e. The van der Waals surface area contributed by atoms with Gasteiger partial charge in [-0.25, -0.2) is 17.8 Å². The second kappa shape index (κ2) is 8.17. The molecule has 0 bridgehead atoms. The molecule has 4 rings (SSSR count). The Kier molecular flexibility index (Phi) is 5.59. The van der Waals surface area contributed by atoms with Crippen LogP contribution >= 0.6 is 0 Å². The summed E-state index contributed by atoms with van der Waals surface area (Å²) in [6.07, 6.45) is 4.72. The van der Waals surface area contributed by atoms with Crippen molar-refractivity contribution in [2.75, 3.05) is 19.3 Å². The number of aromatic nitrogens is 2. The number of hydrogen-bond donors (Lipinski definition) is 2. The summed E-state index contributed by atoms with van der Waals surface area (Å²) in [5.74, 6) is -0.489. The minimum Gasteiger partial charge on any atom is -0.366 e. The number of amides is 1. The first-order valence-corrected chi connectivity index (χ1v) is 11.7. The summed E-state index contributed by atoms with van der Waals surface area (Å²) in [6, 6.07) is 13.5. The molecule has 1 amide bonds. The van der Waals surface area contributed by atoms with E-state index >= 15 is 0 Å². The first-order chi connectivity index (χ1) is 14.3. The Hall–Kier alpha value is -2.75. The van der Waals surface area contributed by atoms with E-state index in [1.54, 1.807) is 16.8 Å². The van der Waals surface area contributed by atoms with E-state index in [0.29, 0.717) is 11.1 Å². The molecule has 0 spiro atoms. The van der Waals surface area contributed by atoms with E-state index in [1.807, 2.05) is 24.4 Å². The highest BCUT2D eigenvalue weighted by Crippen LogP contribution is 2.20. The molecule has 9 heteroatoms. The van der Waals surface area contributed by atoms with Crippen molar-refractivity contribution in [3.8, 4) is 5.69 Å². The highest BCUT2D eigenvalue weighted by molar-refractivity contribution is 7.88. The third-order valence-electron chi connectivity index (χ3n) is 5.38. The van der Waals surface area contributed by atoms with Gasteiger partial charge in [0.25, 0.3) is 5.91 Å². The van der Waals surface area contributed by atoms with Crippen molar-refractivity contribution in [1.29, 1.82) is 0 Å². The van der Waals surface area contributed by atoms with Crippen molar-refractivity contribution in [3.63, 3.8) is 0 Å². The fraction of sp³-hybridized carbons (Fsp3) is 0.333. The summed E-state index contributed by atoms with van der Waals surface area (Å²) in [5.41, 5.74) is 8.55. The van der Waals surface area contributed by atoms with Crippen molar-refractivity contribution in [3.05, 3.63) is 59.8 Å². The molecule has 0 unspecified atom stereocenters. The lowest BCUT2D eigenvalue weighted by Crippen LogP contribution is -2.43. The maximum absolute atomic E-state index is 11.6. The molecule has 0 saturated carbocycles. The van der Waals surface area contributed by atoms with Gasteiger partial charge < -0.3 is 5.73 Å². The van der Waals surface area contributed by atoms with Crippen LogP contribution < -0.4 is 10.5 Å². The van der Waals surface area contributed by atoms with Crippen LogP contribution in [0.1, 0.15) is 28.8 Å². The average molecular weight is 428 g/mol. The molecule has 2 heterocycles. The van der Waals surface area contributed by atoms with Crippen molar-refractivity contribution in [2.24, 2.45) is 5.73 Å². The Morgan fingerprint density at radius 1 is 1.17 bits per heavy atom. The number of primary amides is 1. The molecule has 3 aromatic rings. The van der Waals surface area contributed by atoms with E-state index in [9.17, 15) is 13.2 Å². The molecule has 1 aliphatic rings. The number of piperidine rings is 1. The molecule has 3 N–H and O–H groups in total. The van der Waals surface area contributed by atoms with Gasteiger partial charge in [0.2, 0.25) is 10.0 Å². The summed E-state index contributed by atoms with van der Waals surface area (Å²) >= 11 is 0. The van der Waals surface area contributed by atoms with E-state index in [4.69, 9.17) is 5.73 Å². The molecule has 2 aromatic carbocycles. The van der Waals surface area contributed by atoms with Gasteiger partial charge in [-0.3, -0.25) is 9.69 Å². The van der Waals surface area contributed by atoms with E-state index < -0.39 is 15.9 Å². The molecular weight excluding hydrogens is 402 g/mol. The van der Waals surface area contributed by atoms with Crippen molar-refractivity contribution in [1.82, 2.24) is 19.4 Å². The number of rotatable bonds is 6. The molecule has 0 aliphatic carbocycles. The number of nitrogens with zero attached hydrogens (tertiary/aromatic N) is 3. The summed E-state index contributed by atoms with van der Waals surface area (Å²) in [5, 5.41) is 5.40. The van der Waals surface area contributed by atoms with Crippen LogP contribution in [0.5, 0.6) is 0 Å². The van der Waals surface area contributed by atoms with E-state index in [-0.39, 0.29) is 6.04 Å². The number of carbonyl (C=O) groups is 1. The SMILES string of the molecule is CS(=O)(=O)NC1CCN(Cc2ccc(-n3cc4cccc(C(N)=O)c4n3)cc2)CC1. The van der Waals surface area contributed by atoms with Crippen molar-refractivity contribution in [2.45, 2.75) is 25.4 Å². The zero-order valence-electron chi connectivity index (χ0n) is 16.8. The monoisotopic (exact) mass is 427 g/mol. The van der Waals surface area contributed by atoms with Gasteiger partial charge in [-0.1, -0.05) is 24.3 Å². The molecule has 1 fully saturated rings. The van der Waals surface area contributed by atoms with Crippen molar-refractivity contribution < 1.29 is 13.2 Å². The van der Waals surface area contributed by atoms with E-state index in [1.165, 1.54) is 11.8 Å². The smallest absolute Gasteiger partial charge is 0.250 e. The number of benzene rings is 2. The molecule has 158 valence electrons. The largest absolute Gasteiger partial charge is 0.366 e. The Bertz CT molecular complexity index is 1160. The Balaban J connectivity index is 1.42. The van der Waals surface area contributed by atoms with Crippen LogP contribution in [0.4, 0.5) is 0 Å². The summed E-state index contributed by atoms with van der Waals surface area (Å²) in [4.78, 5) is 13.9. The first kappa shape index (κ1) is 20.5. The number of hydrogen-bond acceptors (Lipinski definition) is 5. The van der Waals surface area contributed by atoms with Crippen molar-refractivity contribution >= 4 is 26.8 Å². The van der Waals surface area contributed by atoms with Crippen LogP contribution in [0.2, 0.25) is 0 Å². The molecule has 30 heavy (non-hydrogen) atoms.